The monoisotopic (exact) mass is 359 g/mol. The fourth-order valence-electron chi connectivity index (χ4n) is 2.68. The van der Waals surface area contributed by atoms with Crippen LogP contribution in [0.5, 0.6) is 17.2 Å². The van der Waals surface area contributed by atoms with E-state index in [2.05, 4.69) is 18.7 Å². The lowest BCUT2D eigenvalue weighted by molar-refractivity contribution is 0.0543. The third kappa shape index (κ3) is 6.24. The highest BCUT2D eigenvalue weighted by atomic mass is 16.5. The van der Waals surface area contributed by atoms with E-state index in [1.807, 2.05) is 48.5 Å². The van der Waals surface area contributed by atoms with Crippen LogP contribution in [0.15, 0.2) is 48.5 Å². The Morgan fingerprint density at radius 3 is 2.08 bits per heavy atom. The van der Waals surface area contributed by atoms with Crippen molar-refractivity contribution in [2.24, 2.45) is 0 Å². The summed E-state index contributed by atoms with van der Waals surface area (Å²) < 4.78 is 16.3. The molecule has 0 aliphatic rings. The van der Waals surface area contributed by atoms with Crippen LogP contribution in [0.4, 0.5) is 0 Å². The molecule has 2 rings (SSSR count). The summed E-state index contributed by atoms with van der Waals surface area (Å²) in [6.45, 7) is 5.69. The molecule has 0 amide bonds. The summed E-state index contributed by atoms with van der Waals surface area (Å²) in [6.07, 6.45) is -0.579. The van der Waals surface area contributed by atoms with Gasteiger partial charge < -0.3 is 19.3 Å². The van der Waals surface area contributed by atoms with Crippen molar-refractivity contribution in [2.75, 3.05) is 27.4 Å². The number of benzene rings is 2. The number of hydrogen-bond donors (Lipinski definition) is 1. The van der Waals surface area contributed by atoms with Crippen molar-refractivity contribution >= 4 is 0 Å². The van der Waals surface area contributed by atoms with E-state index in [1.165, 1.54) is 0 Å². The zero-order valence-electron chi connectivity index (χ0n) is 16.0. The van der Waals surface area contributed by atoms with Gasteiger partial charge in [-0.1, -0.05) is 18.2 Å². The average Bonchev–Trinajstić information content (AvgIpc) is 2.66. The number of para-hydroxylation sites is 1. The zero-order chi connectivity index (χ0) is 18.9. The van der Waals surface area contributed by atoms with Crippen molar-refractivity contribution in [1.82, 2.24) is 4.90 Å². The van der Waals surface area contributed by atoms with E-state index < -0.39 is 6.10 Å². The van der Waals surface area contributed by atoms with E-state index in [0.717, 1.165) is 22.8 Å². The molecule has 2 aromatic rings. The Morgan fingerprint density at radius 1 is 0.923 bits per heavy atom. The molecule has 5 heteroatoms. The molecule has 0 saturated carbocycles. The van der Waals surface area contributed by atoms with Crippen LogP contribution < -0.4 is 14.2 Å². The number of hydrogen-bond acceptors (Lipinski definition) is 5. The fraction of sp³-hybridized carbons (Fsp3) is 0.429. The van der Waals surface area contributed by atoms with Crippen molar-refractivity contribution in [2.45, 2.75) is 32.5 Å². The van der Waals surface area contributed by atoms with E-state index in [1.54, 1.807) is 14.2 Å². The SMILES string of the molecule is COc1cc(CN(C[C@H](O)COc2ccccc2)C(C)C)cc(OC)c1. The van der Waals surface area contributed by atoms with Crippen molar-refractivity contribution < 1.29 is 19.3 Å². The van der Waals surface area contributed by atoms with Crippen LogP contribution in [-0.2, 0) is 6.54 Å². The summed E-state index contributed by atoms with van der Waals surface area (Å²) in [4.78, 5) is 2.20. The van der Waals surface area contributed by atoms with Crippen LogP contribution in [0.2, 0.25) is 0 Å². The minimum Gasteiger partial charge on any atom is -0.497 e. The number of aliphatic hydroxyl groups excluding tert-OH is 1. The van der Waals surface area contributed by atoms with Crippen molar-refractivity contribution in [1.29, 1.82) is 0 Å². The van der Waals surface area contributed by atoms with Gasteiger partial charge >= 0.3 is 0 Å². The van der Waals surface area contributed by atoms with Gasteiger partial charge in [0, 0.05) is 25.2 Å². The van der Waals surface area contributed by atoms with Crippen LogP contribution in [-0.4, -0.2) is 49.5 Å². The van der Waals surface area contributed by atoms with Gasteiger partial charge in [-0.15, -0.1) is 0 Å². The summed E-state index contributed by atoms with van der Waals surface area (Å²) in [5.74, 6) is 2.28. The maximum Gasteiger partial charge on any atom is 0.122 e. The van der Waals surface area contributed by atoms with Gasteiger partial charge in [0.2, 0.25) is 0 Å². The van der Waals surface area contributed by atoms with Gasteiger partial charge in [0.1, 0.15) is 30.0 Å². The van der Waals surface area contributed by atoms with Crippen LogP contribution in [0.1, 0.15) is 19.4 Å². The lowest BCUT2D eigenvalue weighted by atomic mass is 10.1. The molecule has 0 radical (unpaired) electrons. The molecular weight excluding hydrogens is 330 g/mol. The van der Waals surface area contributed by atoms with Crippen LogP contribution >= 0.6 is 0 Å². The average molecular weight is 359 g/mol. The zero-order valence-corrected chi connectivity index (χ0v) is 16.0. The van der Waals surface area contributed by atoms with E-state index in [9.17, 15) is 5.11 Å². The lowest BCUT2D eigenvalue weighted by Gasteiger charge is -2.29. The molecule has 26 heavy (non-hydrogen) atoms. The molecule has 1 N–H and O–H groups in total. The second kappa shape index (κ2) is 10.0. The predicted octanol–water partition coefficient (Wildman–Crippen LogP) is 3.35. The van der Waals surface area contributed by atoms with Gasteiger partial charge in [0.25, 0.3) is 0 Å². The molecule has 0 saturated heterocycles. The fourth-order valence-corrected chi connectivity index (χ4v) is 2.68. The molecule has 0 aromatic heterocycles. The Hall–Kier alpha value is -2.24. The predicted molar refractivity (Wildman–Crippen MR) is 103 cm³/mol. The van der Waals surface area contributed by atoms with Crippen LogP contribution in [0.3, 0.4) is 0 Å². The summed E-state index contributed by atoms with van der Waals surface area (Å²) in [5.41, 5.74) is 1.08. The first-order valence-corrected chi connectivity index (χ1v) is 8.83. The third-order valence-electron chi connectivity index (χ3n) is 4.16. The first kappa shape index (κ1) is 20.1. The third-order valence-corrected chi connectivity index (χ3v) is 4.16. The minimum atomic E-state index is -0.579. The topological polar surface area (TPSA) is 51.2 Å². The number of nitrogens with zero attached hydrogens (tertiary/aromatic N) is 1. The van der Waals surface area contributed by atoms with E-state index in [-0.39, 0.29) is 12.6 Å². The normalized spacial score (nSPS) is 12.3. The molecule has 0 fully saturated rings. The van der Waals surface area contributed by atoms with Gasteiger partial charge in [0.15, 0.2) is 0 Å². The summed E-state index contributed by atoms with van der Waals surface area (Å²) >= 11 is 0. The highest BCUT2D eigenvalue weighted by Crippen LogP contribution is 2.24. The Bertz CT molecular complexity index is 638. The van der Waals surface area contributed by atoms with Crippen LogP contribution in [0.25, 0.3) is 0 Å². The molecule has 0 bridgehead atoms. The van der Waals surface area contributed by atoms with E-state index >= 15 is 0 Å². The summed E-state index contributed by atoms with van der Waals surface area (Å²) in [5, 5.41) is 10.4. The second-order valence-electron chi connectivity index (χ2n) is 6.52. The molecule has 0 aliphatic heterocycles. The first-order chi connectivity index (χ1) is 12.5. The molecule has 2 aromatic carbocycles. The number of methoxy groups -OCH3 is 2. The second-order valence-corrected chi connectivity index (χ2v) is 6.52. The number of rotatable bonds is 10. The lowest BCUT2D eigenvalue weighted by Crippen LogP contribution is -2.39. The van der Waals surface area contributed by atoms with Gasteiger partial charge in [-0.25, -0.2) is 0 Å². The van der Waals surface area contributed by atoms with Gasteiger partial charge in [0.05, 0.1) is 14.2 Å². The molecule has 0 spiro atoms. The Balaban J connectivity index is 1.97. The maximum atomic E-state index is 10.4. The van der Waals surface area contributed by atoms with Gasteiger partial charge in [-0.05, 0) is 43.7 Å². The molecule has 0 aliphatic carbocycles. The first-order valence-electron chi connectivity index (χ1n) is 8.83. The molecule has 1 atom stereocenters. The summed E-state index contributed by atoms with van der Waals surface area (Å²) in [7, 11) is 3.28. The van der Waals surface area contributed by atoms with Crippen molar-refractivity contribution in [3.63, 3.8) is 0 Å². The highest BCUT2D eigenvalue weighted by Gasteiger charge is 2.17. The largest absolute Gasteiger partial charge is 0.497 e. The van der Waals surface area contributed by atoms with E-state index in [0.29, 0.717) is 13.1 Å². The minimum absolute atomic E-state index is 0.259. The Labute approximate surface area is 156 Å². The van der Waals surface area contributed by atoms with Gasteiger partial charge in [-0.3, -0.25) is 4.90 Å². The number of aliphatic hydroxyl groups is 1. The smallest absolute Gasteiger partial charge is 0.122 e. The van der Waals surface area contributed by atoms with Crippen LogP contribution in [0, 0.1) is 0 Å². The van der Waals surface area contributed by atoms with Gasteiger partial charge in [-0.2, -0.15) is 0 Å². The Morgan fingerprint density at radius 2 is 1.54 bits per heavy atom. The summed E-state index contributed by atoms with van der Waals surface area (Å²) in [6, 6.07) is 15.6. The Kier molecular flexibility index (Phi) is 7.75. The van der Waals surface area contributed by atoms with E-state index in [4.69, 9.17) is 14.2 Å². The van der Waals surface area contributed by atoms with Crippen molar-refractivity contribution in [3.8, 4) is 17.2 Å². The molecular formula is C21H29NO4. The standard InChI is InChI=1S/C21H29NO4/c1-16(2)22(13-17-10-20(24-3)12-21(11-17)25-4)14-18(23)15-26-19-8-6-5-7-9-19/h5-12,16,18,23H,13-15H2,1-4H3/t18-/m0/s1. The number of ether oxygens (including phenoxy) is 3. The quantitative estimate of drug-likeness (QED) is 0.705. The molecule has 142 valence electrons. The van der Waals surface area contributed by atoms with Crippen molar-refractivity contribution in [3.05, 3.63) is 54.1 Å². The molecule has 0 unspecified atom stereocenters. The molecule has 5 nitrogen and oxygen atoms in total. The highest BCUT2D eigenvalue weighted by molar-refractivity contribution is 5.38. The molecule has 0 heterocycles. The maximum absolute atomic E-state index is 10.4.